The van der Waals surface area contributed by atoms with Crippen LogP contribution in [0.3, 0.4) is 0 Å². The van der Waals surface area contributed by atoms with Gasteiger partial charge in [-0.1, -0.05) is 47.5 Å². The number of carbonyl (C=O) groups is 1. The average Bonchev–Trinajstić information content (AvgIpc) is 3.18. The van der Waals surface area contributed by atoms with Gasteiger partial charge in [-0.2, -0.15) is 0 Å². The van der Waals surface area contributed by atoms with Gasteiger partial charge >= 0.3 is 0 Å². The highest BCUT2D eigenvalue weighted by Gasteiger charge is 2.22. The number of nitrogens with zero attached hydrogens (tertiary/aromatic N) is 1. The van der Waals surface area contributed by atoms with E-state index in [-0.39, 0.29) is 5.91 Å². The van der Waals surface area contributed by atoms with Crippen molar-refractivity contribution in [2.45, 2.75) is 18.8 Å². The molecule has 1 aliphatic rings. The van der Waals surface area contributed by atoms with Gasteiger partial charge < -0.3 is 10.3 Å². The first-order valence-electron chi connectivity index (χ1n) is 9.79. The Morgan fingerprint density at radius 2 is 1.93 bits per heavy atom. The van der Waals surface area contributed by atoms with Gasteiger partial charge in [-0.25, -0.2) is 0 Å². The fourth-order valence-corrected chi connectivity index (χ4v) is 4.18. The van der Waals surface area contributed by atoms with E-state index in [1.54, 1.807) is 18.2 Å². The quantitative estimate of drug-likeness (QED) is 0.532. The van der Waals surface area contributed by atoms with Gasteiger partial charge in [0.2, 0.25) is 5.91 Å². The molecule has 150 valence electrons. The number of hydrogen-bond donors (Lipinski definition) is 2. The van der Waals surface area contributed by atoms with Crippen molar-refractivity contribution in [3.63, 3.8) is 0 Å². The van der Waals surface area contributed by atoms with Crippen molar-refractivity contribution >= 4 is 46.1 Å². The first kappa shape index (κ1) is 20.0. The van der Waals surface area contributed by atoms with Crippen LogP contribution in [-0.2, 0) is 4.79 Å². The van der Waals surface area contributed by atoms with Gasteiger partial charge in [0, 0.05) is 36.3 Å². The maximum absolute atomic E-state index is 12.1. The molecular formula is C23H23Cl2N3O. The van der Waals surface area contributed by atoms with Gasteiger partial charge in [0.15, 0.2) is 0 Å². The highest BCUT2D eigenvalue weighted by Crippen LogP contribution is 2.32. The standard InChI is InChI=1S/C23H23Cl2N3O/c24-20-7-5-16(13-21(20)25)6-8-23(29)27-15-28-11-9-17(10-12-28)19-14-26-22-4-2-1-3-18(19)22/h1-8,13-14,17,26H,9-12,15H2,(H,27,29)/b8-6+. The van der Waals surface area contributed by atoms with E-state index in [0.717, 1.165) is 31.5 Å². The molecule has 4 nitrogen and oxygen atoms in total. The van der Waals surface area contributed by atoms with E-state index in [9.17, 15) is 4.79 Å². The lowest BCUT2D eigenvalue weighted by Crippen LogP contribution is -2.41. The number of likely N-dealkylation sites (tertiary alicyclic amines) is 1. The van der Waals surface area contributed by atoms with Crippen molar-refractivity contribution in [2.75, 3.05) is 19.8 Å². The predicted octanol–water partition coefficient (Wildman–Crippen LogP) is 5.44. The van der Waals surface area contributed by atoms with Gasteiger partial charge in [-0.05, 0) is 54.2 Å². The molecular weight excluding hydrogens is 405 g/mol. The SMILES string of the molecule is O=C(/C=C/c1ccc(Cl)c(Cl)c1)NCN1CCC(c2c[nH]c3ccccc23)CC1. The summed E-state index contributed by atoms with van der Waals surface area (Å²) < 4.78 is 0. The summed E-state index contributed by atoms with van der Waals surface area (Å²) >= 11 is 11.9. The lowest BCUT2D eigenvalue weighted by molar-refractivity contribution is -0.117. The Bertz CT molecular complexity index is 1040. The van der Waals surface area contributed by atoms with Gasteiger partial charge in [-0.15, -0.1) is 0 Å². The van der Waals surface area contributed by atoms with Crippen molar-refractivity contribution in [1.82, 2.24) is 15.2 Å². The summed E-state index contributed by atoms with van der Waals surface area (Å²) in [5, 5.41) is 5.27. The van der Waals surface area contributed by atoms with Gasteiger partial charge in [-0.3, -0.25) is 9.69 Å². The topological polar surface area (TPSA) is 48.1 Å². The third kappa shape index (κ3) is 4.84. The molecule has 4 rings (SSSR count). The summed E-state index contributed by atoms with van der Waals surface area (Å²) in [6, 6.07) is 13.7. The van der Waals surface area contributed by atoms with Crippen LogP contribution in [0.4, 0.5) is 0 Å². The van der Waals surface area contributed by atoms with Gasteiger partial charge in [0.1, 0.15) is 0 Å². The highest BCUT2D eigenvalue weighted by molar-refractivity contribution is 6.42. The van der Waals surface area contributed by atoms with Crippen molar-refractivity contribution in [3.05, 3.63) is 75.9 Å². The Morgan fingerprint density at radius 3 is 2.72 bits per heavy atom. The molecule has 0 atom stereocenters. The number of piperidine rings is 1. The Labute approximate surface area is 180 Å². The predicted molar refractivity (Wildman–Crippen MR) is 120 cm³/mol. The number of H-pyrrole nitrogens is 1. The number of hydrogen-bond acceptors (Lipinski definition) is 2. The smallest absolute Gasteiger partial charge is 0.245 e. The third-order valence-corrected chi connectivity index (χ3v) is 6.24. The maximum Gasteiger partial charge on any atom is 0.245 e. The second-order valence-corrected chi connectivity index (χ2v) is 8.20. The summed E-state index contributed by atoms with van der Waals surface area (Å²) in [6.45, 7) is 2.51. The summed E-state index contributed by atoms with van der Waals surface area (Å²) in [4.78, 5) is 17.8. The van der Waals surface area contributed by atoms with Crippen molar-refractivity contribution in [3.8, 4) is 0 Å². The van der Waals surface area contributed by atoms with E-state index in [1.165, 1.54) is 22.5 Å². The van der Waals surface area contributed by atoms with E-state index in [2.05, 4.69) is 45.7 Å². The van der Waals surface area contributed by atoms with Crippen LogP contribution in [0.1, 0.15) is 29.9 Å². The molecule has 1 saturated heterocycles. The van der Waals surface area contributed by atoms with E-state index in [0.29, 0.717) is 22.6 Å². The molecule has 0 bridgehead atoms. The van der Waals surface area contributed by atoms with Gasteiger partial charge in [0.25, 0.3) is 0 Å². The van der Waals surface area contributed by atoms with Crippen LogP contribution < -0.4 is 5.32 Å². The second-order valence-electron chi connectivity index (χ2n) is 7.39. The molecule has 6 heteroatoms. The largest absolute Gasteiger partial charge is 0.361 e. The fourth-order valence-electron chi connectivity index (χ4n) is 3.87. The summed E-state index contributed by atoms with van der Waals surface area (Å²) in [6.07, 6.45) is 7.60. The minimum atomic E-state index is -0.116. The van der Waals surface area contributed by atoms with Crippen LogP contribution in [0.25, 0.3) is 17.0 Å². The number of halogens is 2. The third-order valence-electron chi connectivity index (χ3n) is 5.50. The molecule has 2 aromatic carbocycles. The Balaban J connectivity index is 1.26. The number of para-hydroxylation sites is 1. The summed E-state index contributed by atoms with van der Waals surface area (Å²) in [7, 11) is 0. The minimum Gasteiger partial charge on any atom is -0.361 e. The van der Waals surface area contributed by atoms with Gasteiger partial charge in [0.05, 0.1) is 16.7 Å². The Hall–Kier alpha value is -2.27. The first-order valence-corrected chi connectivity index (χ1v) is 10.5. The lowest BCUT2D eigenvalue weighted by atomic mass is 9.89. The number of carbonyl (C=O) groups excluding carboxylic acids is 1. The molecule has 0 spiro atoms. The maximum atomic E-state index is 12.1. The number of benzene rings is 2. The molecule has 0 aliphatic carbocycles. The van der Waals surface area contributed by atoms with Crippen LogP contribution in [-0.4, -0.2) is 35.5 Å². The molecule has 1 amide bonds. The normalized spacial score (nSPS) is 15.9. The van der Waals surface area contributed by atoms with Crippen LogP contribution in [0.15, 0.2) is 54.7 Å². The second kappa shape index (κ2) is 9.04. The molecule has 1 aliphatic heterocycles. The molecule has 29 heavy (non-hydrogen) atoms. The zero-order valence-corrected chi connectivity index (χ0v) is 17.5. The average molecular weight is 428 g/mol. The Morgan fingerprint density at radius 1 is 1.14 bits per heavy atom. The van der Waals surface area contributed by atoms with Crippen molar-refractivity contribution in [2.24, 2.45) is 0 Å². The van der Waals surface area contributed by atoms with E-state index in [4.69, 9.17) is 23.2 Å². The lowest BCUT2D eigenvalue weighted by Gasteiger charge is -2.31. The van der Waals surface area contributed by atoms with Crippen LogP contribution in [0.2, 0.25) is 10.0 Å². The molecule has 2 heterocycles. The number of aromatic nitrogens is 1. The monoisotopic (exact) mass is 427 g/mol. The highest BCUT2D eigenvalue weighted by atomic mass is 35.5. The number of amides is 1. The molecule has 0 unspecified atom stereocenters. The Kier molecular flexibility index (Phi) is 6.24. The molecule has 2 N–H and O–H groups in total. The molecule has 3 aromatic rings. The van der Waals surface area contributed by atoms with E-state index >= 15 is 0 Å². The zero-order chi connectivity index (χ0) is 20.2. The minimum absolute atomic E-state index is 0.116. The van der Waals surface area contributed by atoms with Crippen LogP contribution >= 0.6 is 23.2 Å². The van der Waals surface area contributed by atoms with Crippen LogP contribution in [0, 0.1) is 0 Å². The fraction of sp³-hybridized carbons (Fsp3) is 0.261. The van der Waals surface area contributed by atoms with E-state index in [1.807, 2.05) is 6.07 Å². The number of fused-ring (bicyclic) bond motifs is 1. The van der Waals surface area contributed by atoms with E-state index < -0.39 is 0 Å². The molecule has 0 radical (unpaired) electrons. The molecule has 1 aromatic heterocycles. The molecule has 0 saturated carbocycles. The summed E-state index contributed by atoms with van der Waals surface area (Å²) in [5.41, 5.74) is 3.45. The zero-order valence-electron chi connectivity index (χ0n) is 16.0. The number of rotatable bonds is 5. The number of aromatic amines is 1. The van der Waals surface area contributed by atoms with Crippen molar-refractivity contribution < 1.29 is 4.79 Å². The van der Waals surface area contributed by atoms with Crippen molar-refractivity contribution in [1.29, 1.82) is 0 Å². The first-order chi connectivity index (χ1) is 14.1. The molecule has 1 fully saturated rings. The summed E-state index contributed by atoms with van der Waals surface area (Å²) in [5.74, 6) is 0.447. The number of nitrogens with one attached hydrogen (secondary N) is 2. The van der Waals surface area contributed by atoms with Crippen LogP contribution in [0.5, 0.6) is 0 Å².